The van der Waals surface area contributed by atoms with Crippen LogP contribution in [0.25, 0.3) is 0 Å². The Balaban J connectivity index is 1.97. The lowest BCUT2D eigenvalue weighted by molar-refractivity contribution is -0.119. The summed E-state index contributed by atoms with van der Waals surface area (Å²) in [7, 11) is -2.07. The van der Waals surface area contributed by atoms with Crippen molar-refractivity contribution in [3.63, 3.8) is 0 Å². The van der Waals surface area contributed by atoms with Crippen LogP contribution in [0.5, 0.6) is 5.75 Å². The summed E-state index contributed by atoms with van der Waals surface area (Å²) in [4.78, 5) is 12.2. The molecule has 0 atom stereocenters. The van der Waals surface area contributed by atoms with E-state index in [9.17, 15) is 13.2 Å². The molecule has 1 amide bonds. The summed E-state index contributed by atoms with van der Waals surface area (Å²) >= 11 is 0. The maximum atomic E-state index is 12.2. The Morgan fingerprint density at radius 3 is 2.76 bits per heavy atom. The Kier molecular flexibility index (Phi) is 6.87. The van der Waals surface area contributed by atoms with Gasteiger partial charge in [0.25, 0.3) is 0 Å². The highest BCUT2D eigenvalue weighted by atomic mass is 32.2. The van der Waals surface area contributed by atoms with Crippen molar-refractivity contribution in [1.82, 2.24) is 5.32 Å². The molecule has 0 heterocycles. The van der Waals surface area contributed by atoms with E-state index in [1.165, 1.54) is 25.5 Å². The van der Waals surface area contributed by atoms with E-state index in [-0.39, 0.29) is 12.5 Å². The number of anilines is 1. The second kappa shape index (κ2) is 8.89. The van der Waals surface area contributed by atoms with E-state index in [2.05, 4.69) is 11.4 Å². The highest BCUT2D eigenvalue weighted by molar-refractivity contribution is 7.92. The Morgan fingerprint density at radius 2 is 2.12 bits per heavy atom. The summed E-state index contributed by atoms with van der Waals surface area (Å²) in [6, 6.07) is 6.66. The zero-order valence-corrected chi connectivity index (χ0v) is 15.6. The molecule has 0 spiro atoms. The number of amides is 1. The molecule has 1 aliphatic carbocycles. The molecule has 0 bridgehead atoms. The minimum absolute atomic E-state index is 0.245. The molecule has 0 radical (unpaired) electrons. The summed E-state index contributed by atoms with van der Waals surface area (Å²) in [5.41, 5.74) is 1.78. The van der Waals surface area contributed by atoms with Crippen LogP contribution in [0, 0.1) is 0 Å². The first-order valence-corrected chi connectivity index (χ1v) is 10.3. The minimum atomic E-state index is -3.58. The second-order valence-corrected chi connectivity index (χ2v) is 8.09. The van der Waals surface area contributed by atoms with Gasteiger partial charge in [0.2, 0.25) is 15.9 Å². The van der Waals surface area contributed by atoms with Crippen molar-refractivity contribution in [1.29, 1.82) is 0 Å². The van der Waals surface area contributed by atoms with Crippen molar-refractivity contribution < 1.29 is 17.9 Å². The van der Waals surface area contributed by atoms with Crippen molar-refractivity contribution in [3.8, 4) is 5.75 Å². The number of ether oxygens (including phenoxy) is 1. The molecule has 0 fully saturated rings. The van der Waals surface area contributed by atoms with Gasteiger partial charge >= 0.3 is 0 Å². The molecule has 1 aliphatic rings. The van der Waals surface area contributed by atoms with Gasteiger partial charge in [0.15, 0.2) is 0 Å². The lowest BCUT2D eigenvalue weighted by Gasteiger charge is -2.22. The van der Waals surface area contributed by atoms with Gasteiger partial charge in [-0.1, -0.05) is 17.7 Å². The Bertz CT molecular complexity index is 728. The monoisotopic (exact) mass is 366 g/mol. The third kappa shape index (κ3) is 6.08. The van der Waals surface area contributed by atoms with E-state index in [4.69, 9.17) is 4.74 Å². The van der Waals surface area contributed by atoms with Crippen LogP contribution in [-0.4, -0.2) is 40.8 Å². The molecule has 2 rings (SSSR count). The molecule has 6 nitrogen and oxygen atoms in total. The fourth-order valence-electron chi connectivity index (χ4n) is 2.85. The maximum Gasteiger partial charge on any atom is 0.240 e. The summed E-state index contributed by atoms with van der Waals surface area (Å²) in [6.45, 7) is 0.283. The maximum absolute atomic E-state index is 12.2. The third-order valence-corrected chi connectivity index (χ3v) is 5.32. The normalized spacial score (nSPS) is 14.6. The first kappa shape index (κ1) is 19.3. The fourth-order valence-corrected chi connectivity index (χ4v) is 3.69. The van der Waals surface area contributed by atoms with E-state index in [1.54, 1.807) is 24.3 Å². The van der Waals surface area contributed by atoms with Crippen LogP contribution in [-0.2, 0) is 14.8 Å². The summed E-state index contributed by atoms with van der Waals surface area (Å²) in [5, 5.41) is 2.81. The number of carbonyl (C=O) groups is 1. The summed E-state index contributed by atoms with van der Waals surface area (Å²) in [6.07, 6.45) is 8.80. The minimum Gasteiger partial charge on any atom is -0.497 e. The van der Waals surface area contributed by atoms with Crippen molar-refractivity contribution >= 4 is 21.6 Å². The average Bonchev–Trinajstić information content (AvgIpc) is 2.59. The van der Waals surface area contributed by atoms with Gasteiger partial charge in [0.1, 0.15) is 12.3 Å². The van der Waals surface area contributed by atoms with Crippen molar-refractivity contribution in [2.75, 3.05) is 30.8 Å². The van der Waals surface area contributed by atoms with Crippen LogP contribution in [0.2, 0.25) is 0 Å². The van der Waals surface area contributed by atoms with Gasteiger partial charge in [-0.25, -0.2) is 8.42 Å². The topological polar surface area (TPSA) is 75.7 Å². The zero-order valence-electron chi connectivity index (χ0n) is 14.8. The number of sulfonamides is 1. The lowest BCUT2D eigenvalue weighted by Crippen LogP contribution is -2.40. The molecule has 7 heteroatoms. The SMILES string of the molecule is COc1cccc(N(CC(=O)NCCC2=CCCCC2)S(C)(=O)=O)c1. The number of rotatable bonds is 8. The number of nitrogens with zero attached hydrogens (tertiary/aromatic N) is 1. The van der Waals surface area contributed by atoms with E-state index in [0.29, 0.717) is 18.0 Å². The van der Waals surface area contributed by atoms with Gasteiger partial charge in [0, 0.05) is 12.6 Å². The van der Waals surface area contributed by atoms with Crippen LogP contribution in [0.3, 0.4) is 0 Å². The zero-order chi connectivity index (χ0) is 18.3. The van der Waals surface area contributed by atoms with Gasteiger partial charge in [-0.05, 0) is 44.2 Å². The largest absolute Gasteiger partial charge is 0.497 e. The number of nitrogens with one attached hydrogen (secondary N) is 1. The second-order valence-electron chi connectivity index (χ2n) is 6.18. The molecule has 0 saturated heterocycles. The highest BCUT2D eigenvalue weighted by Crippen LogP contribution is 2.23. The molecule has 0 aromatic heterocycles. The summed E-state index contributed by atoms with van der Waals surface area (Å²) < 4.78 is 30.4. The van der Waals surface area contributed by atoms with E-state index < -0.39 is 10.0 Å². The number of methoxy groups -OCH3 is 1. The van der Waals surface area contributed by atoms with Crippen molar-refractivity contribution in [2.24, 2.45) is 0 Å². The molecule has 0 unspecified atom stereocenters. The number of benzene rings is 1. The Hall–Kier alpha value is -2.02. The molecule has 1 aromatic carbocycles. The first-order chi connectivity index (χ1) is 11.9. The summed E-state index contributed by atoms with van der Waals surface area (Å²) in [5.74, 6) is 0.223. The van der Waals surface area contributed by atoms with Gasteiger partial charge < -0.3 is 10.1 Å². The quantitative estimate of drug-likeness (QED) is 0.717. The molecule has 0 saturated carbocycles. The predicted molar refractivity (Wildman–Crippen MR) is 99.4 cm³/mol. The Morgan fingerprint density at radius 1 is 1.32 bits per heavy atom. The van der Waals surface area contributed by atoms with Crippen LogP contribution in [0.1, 0.15) is 32.1 Å². The number of allylic oxidation sites excluding steroid dienone is 1. The number of hydrogen-bond donors (Lipinski definition) is 1. The lowest BCUT2D eigenvalue weighted by atomic mass is 9.97. The van der Waals surface area contributed by atoms with Crippen molar-refractivity contribution in [2.45, 2.75) is 32.1 Å². The van der Waals surface area contributed by atoms with Gasteiger partial charge in [-0.15, -0.1) is 0 Å². The molecule has 0 aliphatic heterocycles. The van der Waals surface area contributed by atoms with Gasteiger partial charge in [-0.2, -0.15) is 0 Å². The van der Waals surface area contributed by atoms with Crippen LogP contribution in [0.4, 0.5) is 5.69 Å². The molecule has 1 N–H and O–H groups in total. The Labute approximate surface area is 149 Å². The molecule has 25 heavy (non-hydrogen) atoms. The predicted octanol–water partition coefficient (Wildman–Crippen LogP) is 2.47. The fraction of sp³-hybridized carbons (Fsp3) is 0.500. The van der Waals surface area contributed by atoms with E-state index in [0.717, 1.165) is 29.8 Å². The van der Waals surface area contributed by atoms with Crippen LogP contribution in [0.15, 0.2) is 35.9 Å². The number of hydrogen-bond acceptors (Lipinski definition) is 4. The average molecular weight is 366 g/mol. The van der Waals surface area contributed by atoms with E-state index >= 15 is 0 Å². The van der Waals surface area contributed by atoms with Crippen LogP contribution < -0.4 is 14.4 Å². The van der Waals surface area contributed by atoms with Crippen LogP contribution >= 0.6 is 0 Å². The number of carbonyl (C=O) groups excluding carboxylic acids is 1. The van der Waals surface area contributed by atoms with E-state index in [1.807, 2.05) is 0 Å². The first-order valence-electron chi connectivity index (χ1n) is 8.46. The smallest absolute Gasteiger partial charge is 0.240 e. The molecular formula is C18H26N2O4S. The third-order valence-electron chi connectivity index (χ3n) is 4.18. The van der Waals surface area contributed by atoms with Gasteiger partial charge in [0.05, 0.1) is 19.1 Å². The highest BCUT2D eigenvalue weighted by Gasteiger charge is 2.21. The van der Waals surface area contributed by atoms with Crippen molar-refractivity contribution in [3.05, 3.63) is 35.9 Å². The van der Waals surface area contributed by atoms with Gasteiger partial charge in [-0.3, -0.25) is 9.10 Å². The molecule has 1 aromatic rings. The standard InChI is InChI=1S/C18H26N2O4S/c1-24-17-10-6-9-16(13-17)20(25(2,22)23)14-18(21)19-12-11-15-7-4-3-5-8-15/h6-7,9-10,13H,3-5,8,11-12,14H2,1-2H3,(H,19,21). The molecule has 138 valence electrons. The molecular weight excluding hydrogens is 340 g/mol.